The Morgan fingerprint density at radius 2 is 1.14 bits per heavy atom. The molecule has 0 radical (unpaired) electrons. The zero-order valence-electron chi connectivity index (χ0n) is 13.0. The molecule has 0 aliphatic carbocycles. The minimum absolute atomic E-state index is 0.0895. The van der Waals surface area contributed by atoms with Gasteiger partial charge in [0.05, 0.1) is 10.7 Å². The number of halogens is 2. The van der Waals surface area contributed by atoms with E-state index in [9.17, 15) is 9.59 Å². The van der Waals surface area contributed by atoms with E-state index in [2.05, 4.69) is 31.9 Å². The highest BCUT2D eigenvalue weighted by Gasteiger charge is 2.12. The lowest BCUT2D eigenvalue weighted by Crippen LogP contribution is -2.31. The van der Waals surface area contributed by atoms with Crippen LogP contribution in [0.2, 0.25) is 0 Å². The summed E-state index contributed by atoms with van der Waals surface area (Å²) in [5, 5.41) is 0.693. The number of alkyl halides is 2. The molecule has 0 heterocycles. The first-order chi connectivity index (χ1) is 10.5. The molecule has 22 heavy (non-hydrogen) atoms. The van der Waals surface area contributed by atoms with Gasteiger partial charge in [-0.2, -0.15) is 0 Å². The van der Waals surface area contributed by atoms with Gasteiger partial charge >= 0.3 is 0 Å². The third kappa shape index (κ3) is 5.72. The van der Waals surface area contributed by atoms with Crippen molar-refractivity contribution in [3.63, 3.8) is 0 Å². The maximum absolute atomic E-state index is 11.7. The van der Waals surface area contributed by atoms with Crippen LogP contribution in [0.3, 0.4) is 0 Å². The van der Waals surface area contributed by atoms with Gasteiger partial charge in [0.2, 0.25) is 11.8 Å². The van der Waals surface area contributed by atoms with Crippen molar-refractivity contribution in [3.05, 3.63) is 35.4 Å². The summed E-state index contributed by atoms with van der Waals surface area (Å²) in [7, 11) is 0. The number of hydrogen-bond acceptors (Lipinski definition) is 2. The monoisotopic (exact) mass is 432 g/mol. The molecule has 0 aliphatic heterocycles. The largest absolute Gasteiger partial charge is 0.338 e. The van der Waals surface area contributed by atoms with Gasteiger partial charge in [0.1, 0.15) is 0 Å². The van der Waals surface area contributed by atoms with Crippen LogP contribution in [0.5, 0.6) is 0 Å². The van der Waals surface area contributed by atoms with Crippen molar-refractivity contribution in [2.75, 3.05) is 23.7 Å². The topological polar surface area (TPSA) is 40.6 Å². The standard InChI is InChI=1S/C16H22Br2N2O2/c1-3-19(15(21)9-17)11-13-5-7-14(8-6-13)12-20(4-2)16(22)10-18/h5-8H,3-4,9-12H2,1-2H3. The fourth-order valence-electron chi connectivity index (χ4n) is 2.11. The number of carbonyl (C=O) groups excluding carboxylic acids is 2. The molecule has 0 saturated heterocycles. The maximum atomic E-state index is 11.7. The fraction of sp³-hybridized carbons (Fsp3) is 0.500. The van der Waals surface area contributed by atoms with Crippen molar-refractivity contribution in [1.29, 1.82) is 0 Å². The zero-order valence-corrected chi connectivity index (χ0v) is 16.2. The number of amides is 2. The average Bonchev–Trinajstić information content (AvgIpc) is 2.57. The summed E-state index contributed by atoms with van der Waals surface area (Å²) in [5.74, 6) is 0.179. The Balaban J connectivity index is 2.70. The Kier molecular flexibility index (Phi) is 8.71. The van der Waals surface area contributed by atoms with Crippen molar-refractivity contribution in [1.82, 2.24) is 9.80 Å². The molecule has 0 unspecified atom stereocenters. The number of nitrogens with zero attached hydrogens (tertiary/aromatic N) is 2. The predicted octanol–water partition coefficient (Wildman–Crippen LogP) is 3.17. The molecular weight excluding hydrogens is 412 g/mol. The SMILES string of the molecule is CCN(Cc1ccc(CN(CC)C(=O)CBr)cc1)C(=O)CBr. The van der Waals surface area contributed by atoms with Crippen LogP contribution in [0, 0.1) is 0 Å². The highest BCUT2D eigenvalue weighted by atomic mass is 79.9. The molecule has 1 rings (SSSR count). The van der Waals surface area contributed by atoms with Crippen LogP contribution in [0.4, 0.5) is 0 Å². The van der Waals surface area contributed by atoms with Crippen molar-refractivity contribution in [2.45, 2.75) is 26.9 Å². The molecule has 1 aromatic carbocycles. The average molecular weight is 434 g/mol. The molecular formula is C16H22Br2N2O2. The molecule has 122 valence electrons. The van der Waals surface area contributed by atoms with Crippen LogP contribution in [0.1, 0.15) is 25.0 Å². The first-order valence-corrected chi connectivity index (χ1v) is 9.55. The quantitative estimate of drug-likeness (QED) is 0.590. The van der Waals surface area contributed by atoms with Gasteiger partial charge in [0.25, 0.3) is 0 Å². The lowest BCUT2D eigenvalue weighted by molar-refractivity contribution is -0.129. The molecule has 1 aromatic rings. The summed E-state index contributed by atoms with van der Waals surface area (Å²) < 4.78 is 0. The highest BCUT2D eigenvalue weighted by Crippen LogP contribution is 2.11. The summed E-state index contributed by atoms with van der Waals surface area (Å²) in [6.45, 7) is 6.54. The van der Waals surface area contributed by atoms with Crippen LogP contribution in [-0.4, -0.2) is 45.4 Å². The molecule has 0 atom stereocenters. The molecule has 0 fully saturated rings. The van der Waals surface area contributed by atoms with Gasteiger partial charge in [-0.05, 0) is 25.0 Å². The van der Waals surface area contributed by atoms with E-state index < -0.39 is 0 Å². The maximum Gasteiger partial charge on any atom is 0.233 e. The molecule has 0 N–H and O–H groups in total. The third-order valence-corrected chi connectivity index (χ3v) is 4.43. The van der Waals surface area contributed by atoms with E-state index >= 15 is 0 Å². The predicted molar refractivity (Wildman–Crippen MR) is 96.2 cm³/mol. The number of rotatable bonds is 8. The molecule has 6 heteroatoms. The van der Waals surface area contributed by atoms with E-state index in [4.69, 9.17) is 0 Å². The third-order valence-electron chi connectivity index (χ3n) is 3.47. The van der Waals surface area contributed by atoms with E-state index in [0.717, 1.165) is 11.1 Å². The van der Waals surface area contributed by atoms with E-state index in [-0.39, 0.29) is 11.8 Å². The van der Waals surface area contributed by atoms with E-state index in [1.807, 2.05) is 38.1 Å². The van der Waals surface area contributed by atoms with Gasteiger partial charge in [-0.1, -0.05) is 56.1 Å². The lowest BCUT2D eigenvalue weighted by Gasteiger charge is -2.21. The van der Waals surface area contributed by atoms with Gasteiger partial charge < -0.3 is 9.80 Å². The molecule has 0 spiro atoms. The number of hydrogen-bond donors (Lipinski definition) is 0. The summed E-state index contributed by atoms with van der Waals surface area (Å²) in [6, 6.07) is 8.08. The highest BCUT2D eigenvalue weighted by molar-refractivity contribution is 9.09. The molecule has 4 nitrogen and oxygen atoms in total. The van der Waals surface area contributed by atoms with Gasteiger partial charge in [0.15, 0.2) is 0 Å². The first-order valence-electron chi connectivity index (χ1n) is 7.30. The van der Waals surface area contributed by atoms with Gasteiger partial charge in [-0.15, -0.1) is 0 Å². The van der Waals surface area contributed by atoms with Crippen molar-refractivity contribution in [2.24, 2.45) is 0 Å². The number of carbonyl (C=O) groups is 2. The molecule has 0 bridgehead atoms. The Morgan fingerprint density at radius 3 is 1.36 bits per heavy atom. The molecule has 0 aliphatic rings. The van der Waals surface area contributed by atoms with Crippen LogP contribution < -0.4 is 0 Å². The molecule has 0 saturated carbocycles. The van der Waals surface area contributed by atoms with Crippen molar-refractivity contribution < 1.29 is 9.59 Å². The smallest absolute Gasteiger partial charge is 0.233 e. The summed E-state index contributed by atoms with van der Waals surface area (Å²) >= 11 is 6.41. The minimum Gasteiger partial charge on any atom is -0.338 e. The van der Waals surface area contributed by atoms with E-state index in [1.54, 1.807) is 9.80 Å². The minimum atomic E-state index is 0.0895. The summed E-state index contributed by atoms with van der Waals surface area (Å²) in [5.41, 5.74) is 2.18. The second-order valence-electron chi connectivity index (χ2n) is 4.90. The van der Waals surface area contributed by atoms with Crippen molar-refractivity contribution >= 4 is 43.7 Å². The zero-order chi connectivity index (χ0) is 16.5. The van der Waals surface area contributed by atoms with Gasteiger partial charge in [-0.25, -0.2) is 0 Å². The van der Waals surface area contributed by atoms with E-state index in [0.29, 0.717) is 36.8 Å². The second-order valence-corrected chi connectivity index (χ2v) is 6.02. The first kappa shape index (κ1) is 19.2. The number of benzene rings is 1. The van der Waals surface area contributed by atoms with Crippen molar-refractivity contribution in [3.8, 4) is 0 Å². The van der Waals surface area contributed by atoms with Gasteiger partial charge in [0, 0.05) is 26.2 Å². The normalized spacial score (nSPS) is 10.4. The van der Waals surface area contributed by atoms with Crippen LogP contribution in [0.25, 0.3) is 0 Å². The fourth-order valence-corrected chi connectivity index (χ4v) is 2.82. The molecule has 0 aromatic heterocycles. The Labute approximate surface area is 149 Å². The molecule has 2 amide bonds. The Morgan fingerprint density at radius 1 is 0.818 bits per heavy atom. The Bertz CT molecular complexity index is 446. The van der Waals surface area contributed by atoms with E-state index in [1.165, 1.54) is 0 Å². The summed E-state index contributed by atoms with van der Waals surface area (Å²) in [6.07, 6.45) is 0. The van der Waals surface area contributed by atoms with Gasteiger partial charge in [-0.3, -0.25) is 9.59 Å². The second kappa shape index (κ2) is 10.0. The van der Waals surface area contributed by atoms with Crippen LogP contribution >= 0.6 is 31.9 Å². The summed E-state index contributed by atoms with van der Waals surface area (Å²) in [4.78, 5) is 27.1. The van der Waals surface area contributed by atoms with Crippen LogP contribution in [0.15, 0.2) is 24.3 Å². The lowest BCUT2D eigenvalue weighted by atomic mass is 10.1. The Hall–Kier alpha value is -0.880. The van der Waals surface area contributed by atoms with Crippen LogP contribution in [-0.2, 0) is 22.7 Å².